The fourth-order valence-corrected chi connectivity index (χ4v) is 2.45. The molecule has 2 atom stereocenters. The van der Waals surface area contributed by atoms with Crippen LogP contribution in [-0.4, -0.2) is 43.1 Å². The van der Waals surface area contributed by atoms with Gasteiger partial charge in [0.1, 0.15) is 0 Å². The van der Waals surface area contributed by atoms with Crippen LogP contribution in [0.3, 0.4) is 0 Å². The maximum Gasteiger partial charge on any atom is 0.0641 e. The number of hydrogen-bond acceptors (Lipinski definition) is 3. The lowest BCUT2D eigenvalue weighted by Crippen LogP contribution is -2.26. The van der Waals surface area contributed by atoms with Crippen molar-refractivity contribution in [1.82, 2.24) is 0 Å². The van der Waals surface area contributed by atoms with Gasteiger partial charge in [-0.1, -0.05) is 33.8 Å². The summed E-state index contributed by atoms with van der Waals surface area (Å²) in [5, 5.41) is 26.5. The molecule has 1 saturated carbocycles. The molecule has 3 N–H and O–H groups in total. The summed E-state index contributed by atoms with van der Waals surface area (Å²) in [5.74, 6) is 0.166. The Morgan fingerprint density at radius 2 is 1.65 bits per heavy atom. The van der Waals surface area contributed by atoms with E-state index >= 15 is 0 Å². The molecule has 0 heterocycles. The molecule has 2 aliphatic rings. The van der Waals surface area contributed by atoms with Gasteiger partial charge in [0.05, 0.1) is 12.7 Å². The molecule has 119 valence electrons. The average Bonchev–Trinajstić information content (AvgIpc) is 2.41. The summed E-state index contributed by atoms with van der Waals surface area (Å²) in [6, 6.07) is 0. The highest BCUT2D eigenvalue weighted by Crippen LogP contribution is 2.23. The lowest BCUT2D eigenvalue weighted by molar-refractivity contribution is 0.0359. The summed E-state index contributed by atoms with van der Waals surface area (Å²) >= 11 is 0. The maximum absolute atomic E-state index is 9.21. The van der Waals surface area contributed by atoms with Gasteiger partial charge in [0.25, 0.3) is 0 Å². The van der Waals surface area contributed by atoms with Crippen molar-refractivity contribution < 1.29 is 15.3 Å². The first-order chi connectivity index (χ1) is 8.27. The van der Waals surface area contributed by atoms with Crippen LogP contribution >= 0.6 is 0 Å². The predicted molar refractivity (Wildman–Crippen MR) is 87.9 cm³/mol. The molecule has 4 heteroatoms. The number of aliphatic hydroxyl groups excluding tert-OH is 3. The van der Waals surface area contributed by atoms with E-state index in [1.165, 1.54) is 31.3 Å². The molecule has 20 heavy (non-hydrogen) atoms. The van der Waals surface area contributed by atoms with E-state index in [0.717, 1.165) is 25.7 Å². The van der Waals surface area contributed by atoms with Gasteiger partial charge in [-0.3, -0.25) is 0 Å². The van der Waals surface area contributed by atoms with Crippen LogP contribution in [0.4, 0.5) is 0 Å². The van der Waals surface area contributed by atoms with Crippen molar-refractivity contribution in [3.8, 4) is 0 Å². The van der Waals surface area contributed by atoms with E-state index < -0.39 is 0 Å². The van der Waals surface area contributed by atoms with Gasteiger partial charge < -0.3 is 15.3 Å². The quantitative estimate of drug-likeness (QED) is 0.540. The average molecular weight is 285 g/mol. The smallest absolute Gasteiger partial charge is 0.0641 e. The molecular formula is C16H34BO3. The van der Waals surface area contributed by atoms with E-state index in [0.29, 0.717) is 0 Å². The zero-order chi connectivity index (χ0) is 12.5. The van der Waals surface area contributed by atoms with E-state index in [9.17, 15) is 5.11 Å². The molecule has 0 amide bonds. The Morgan fingerprint density at radius 3 is 2.00 bits per heavy atom. The van der Waals surface area contributed by atoms with Crippen LogP contribution in [0.15, 0.2) is 11.6 Å². The second-order valence-electron chi connectivity index (χ2n) is 5.06. The molecule has 0 aliphatic heterocycles. The summed E-state index contributed by atoms with van der Waals surface area (Å²) < 4.78 is 0. The first-order valence-electron chi connectivity index (χ1n) is 6.85. The van der Waals surface area contributed by atoms with E-state index in [2.05, 4.69) is 6.08 Å². The number of aliphatic hydroxyl groups is 3. The Kier molecular flexibility index (Phi) is 18.6. The zero-order valence-corrected chi connectivity index (χ0v) is 11.2. The number of rotatable bonds is 2. The predicted octanol–water partition coefficient (Wildman–Crippen LogP) is 2.90. The lowest BCUT2D eigenvalue weighted by atomic mass is 9.87. The van der Waals surface area contributed by atoms with Crippen molar-refractivity contribution in [3.05, 3.63) is 11.6 Å². The highest BCUT2D eigenvalue weighted by Gasteiger charge is 2.21. The van der Waals surface area contributed by atoms with Crippen molar-refractivity contribution in [2.75, 3.05) is 13.2 Å². The summed E-state index contributed by atoms with van der Waals surface area (Å²) in [4.78, 5) is 0. The van der Waals surface area contributed by atoms with Gasteiger partial charge in [-0.05, 0) is 44.1 Å². The lowest BCUT2D eigenvalue weighted by Gasteiger charge is -2.25. The molecule has 2 aliphatic carbocycles. The molecule has 3 radical (unpaired) electrons. The molecule has 0 spiro atoms. The van der Waals surface area contributed by atoms with Crippen LogP contribution < -0.4 is 0 Å². The van der Waals surface area contributed by atoms with Crippen molar-refractivity contribution in [2.24, 2.45) is 5.92 Å². The van der Waals surface area contributed by atoms with Crippen molar-refractivity contribution >= 4 is 8.41 Å². The van der Waals surface area contributed by atoms with Crippen LogP contribution in [0.5, 0.6) is 0 Å². The third-order valence-electron chi connectivity index (χ3n) is 3.69. The SMILES string of the molecule is C.C.OCC1=CCCCC1.OC[C@@H]1CCCC[C@H]1O.[B]. The van der Waals surface area contributed by atoms with E-state index in [4.69, 9.17) is 10.2 Å². The van der Waals surface area contributed by atoms with Gasteiger partial charge in [-0.25, -0.2) is 0 Å². The molecule has 0 bridgehead atoms. The van der Waals surface area contributed by atoms with Gasteiger partial charge in [-0.15, -0.1) is 0 Å². The first kappa shape index (κ1) is 24.7. The van der Waals surface area contributed by atoms with E-state index in [1.807, 2.05) is 0 Å². The molecule has 0 aromatic heterocycles. The van der Waals surface area contributed by atoms with Gasteiger partial charge in [0.2, 0.25) is 0 Å². The molecule has 2 rings (SSSR count). The molecule has 3 nitrogen and oxygen atoms in total. The van der Waals surface area contributed by atoms with E-state index in [-0.39, 0.29) is 48.5 Å². The Balaban J connectivity index is -0.000000252. The van der Waals surface area contributed by atoms with Crippen LogP contribution in [0, 0.1) is 5.92 Å². The Morgan fingerprint density at radius 1 is 1.00 bits per heavy atom. The topological polar surface area (TPSA) is 60.7 Å². The van der Waals surface area contributed by atoms with Gasteiger partial charge >= 0.3 is 0 Å². The summed E-state index contributed by atoms with van der Waals surface area (Å²) in [6.45, 7) is 0.432. The highest BCUT2D eigenvalue weighted by atomic mass is 16.3. The third kappa shape index (κ3) is 9.57. The van der Waals surface area contributed by atoms with Crippen molar-refractivity contribution in [3.63, 3.8) is 0 Å². The summed E-state index contributed by atoms with van der Waals surface area (Å²) in [6.07, 6.45) is 11.0. The minimum Gasteiger partial charge on any atom is -0.396 e. The minimum absolute atomic E-state index is 0. The van der Waals surface area contributed by atoms with E-state index in [1.54, 1.807) is 0 Å². The van der Waals surface area contributed by atoms with Gasteiger partial charge in [0.15, 0.2) is 0 Å². The molecule has 0 saturated heterocycles. The second kappa shape index (κ2) is 15.1. The highest BCUT2D eigenvalue weighted by molar-refractivity contribution is 5.75. The number of hydrogen-bond donors (Lipinski definition) is 3. The minimum atomic E-state index is -0.233. The standard InChI is InChI=1S/C7H14O2.C7H12O.2CH4.B/c8-5-6-3-1-2-4-7(6)9;8-6-7-4-2-1-3-5-7;;;/h6-9H,1-5H2;4,8H,1-3,5-6H2;2*1H4;/t6-,7+;;;;/m0..../s1. The molecule has 0 aromatic rings. The Hall–Kier alpha value is -0.315. The van der Waals surface area contributed by atoms with Crippen molar-refractivity contribution in [1.29, 1.82) is 0 Å². The van der Waals surface area contributed by atoms with Crippen LogP contribution in [-0.2, 0) is 0 Å². The van der Waals surface area contributed by atoms with Crippen LogP contribution in [0.2, 0.25) is 0 Å². The van der Waals surface area contributed by atoms with Gasteiger partial charge in [0, 0.05) is 20.9 Å². The summed E-state index contributed by atoms with van der Waals surface area (Å²) in [5.41, 5.74) is 1.23. The largest absolute Gasteiger partial charge is 0.396 e. The fraction of sp³-hybridized carbons (Fsp3) is 0.875. The molecule has 0 unspecified atom stereocenters. The first-order valence-corrected chi connectivity index (χ1v) is 6.85. The Bertz CT molecular complexity index is 232. The van der Waals surface area contributed by atoms with Crippen LogP contribution in [0.1, 0.15) is 66.2 Å². The fourth-order valence-electron chi connectivity index (χ4n) is 2.45. The molecule has 1 fully saturated rings. The second-order valence-corrected chi connectivity index (χ2v) is 5.06. The molecular weight excluding hydrogens is 251 g/mol. The number of allylic oxidation sites excluding steroid dienone is 1. The molecule has 0 aromatic carbocycles. The Labute approximate surface area is 127 Å². The van der Waals surface area contributed by atoms with Crippen molar-refractivity contribution in [2.45, 2.75) is 72.3 Å². The maximum atomic E-state index is 9.21. The monoisotopic (exact) mass is 285 g/mol. The summed E-state index contributed by atoms with van der Waals surface area (Å²) in [7, 11) is 0. The van der Waals surface area contributed by atoms with Crippen LogP contribution in [0.25, 0.3) is 0 Å². The van der Waals surface area contributed by atoms with Gasteiger partial charge in [-0.2, -0.15) is 0 Å². The normalized spacial score (nSPS) is 24.6. The zero-order valence-electron chi connectivity index (χ0n) is 11.2. The third-order valence-corrected chi connectivity index (χ3v) is 3.69.